The van der Waals surface area contributed by atoms with Crippen LogP contribution in [0.25, 0.3) is 100 Å². The van der Waals surface area contributed by atoms with E-state index in [1.54, 1.807) is 0 Å². The van der Waals surface area contributed by atoms with Crippen molar-refractivity contribution < 1.29 is 9.47 Å². The second-order valence-electron chi connectivity index (χ2n) is 22.4. The molecule has 14 rings (SSSR count). The summed E-state index contributed by atoms with van der Waals surface area (Å²) in [4.78, 5) is 0. The van der Waals surface area contributed by atoms with Gasteiger partial charge in [-0.15, -0.1) is 0 Å². The normalized spacial score (nSPS) is 11.2. The highest BCUT2D eigenvalue weighted by Crippen LogP contribution is 2.50. The van der Waals surface area contributed by atoms with Crippen molar-refractivity contribution in [1.29, 1.82) is 0 Å². The molecule has 0 aliphatic heterocycles. The zero-order valence-corrected chi connectivity index (χ0v) is 52.0. The fourth-order valence-corrected chi connectivity index (χ4v) is 17.7. The van der Waals surface area contributed by atoms with Gasteiger partial charge in [-0.05, 0) is 222 Å². The molecule has 0 saturated heterocycles. The summed E-state index contributed by atoms with van der Waals surface area (Å²) in [5.74, 6) is 1.52. The van der Waals surface area contributed by atoms with E-state index in [9.17, 15) is 0 Å². The third kappa shape index (κ3) is 12.1. The Bertz CT molecular complexity index is 3960. The van der Waals surface area contributed by atoms with Gasteiger partial charge in [0.25, 0.3) is 0 Å². The number of methoxy groups -OCH3 is 2. The Labute approximate surface area is 531 Å². The number of ether oxygens (including phenoxy) is 2. The third-order valence-electron chi connectivity index (χ3n) is 16.7. The van der Waals surface area contributed by atoms with Crippen LogP contribution in [0.15, 0.2) is 352 Å². The molecular formula is C86H64O2P2. The molecule has 4 heteroatoms. The van der Waals surface area contributed by atoms with Gasteiger partial charge >= 0.3 is 0 Å². The van der Waals surface area contributed by atoms with Gasteiger partial charge in [-0.3, -0.25) is 0 Å². The maximum atomic E-state index is 6.85. The van der Waals surface area contributed by atoms with Crippen molar-refractivity contribution in [2.24, 2.45) is 0 Å². The minimum atomic E-state index is -1.47. The standard InChI is InChI=1S/C86H64O2P2/c1-87-81-45-27-47-83(89(77-53-69(61-29-11-3-12-30-61)49-70(54-77)62-31-13-4-14-32-62)78-55-71(63-33-15-5-16-34-63)50-72(56-78)64-35-17-6-18-36-64)85(81)86-82(88-2)46-28-48-84(86)90(79-57-73(65-37-19-7-20-38-65)51-74(58-79)66-39-21-8-22-40-66)80-59-75(67-41-23-9-24-42-67)52-76(60-80)68-43-25-10-26-44-68/h3-60H,1-2H3. The Balaban J connectivity index is 1.11. The van der Waals surface area contributed by atoms with E-state index in [0.29, 0.717) is 0 Å². The molecule has 0 fully saturated rings. The van der Waals surface area contributed by atoms with Crippen LogP contribution in [0, 0.1) is 0 Å². The van der Waals surface area contributed by atoms with Crippen LogP contribution in [0.5, 0.6) is 11.5 Å². The lowest BCUT2D eigenvalue weighted by molar-refractivity contribution is 0.411. The minimum Gasteiger partial charge on any atom is -0.496 e. The molecule has 0 saturated carbocycles. The molecule has 0 atom stereocenters. The van der Waals surface area contributed by atoms with Gasteiger partial charge in [0, 0.05) is 11.1 Å². The summed E-state index contributed by atoms with van der Waals surface area (Å²) in [6.45, 7) is 0. The molecule has 0 amide bonds. The molecular weight excluding hydrogens is 1130 g/mol. The number of rotatable bonds is 17. The molecule has 90 heavy (non-hydrogen) atoms. The Morgan fingerprint density at radius 2 is 0.356 bits per heavy atom. The van der Waals surface area contributed by atoms with Crippen LogP contribution in [0.3, 0.4) is 0 Å². The van der Waals surface area contributed by atoms with Crippen molar-refractivity contribution in [1.82, 2.24) is 0 Å². The van der Waals surface area contributed by atoms with Crippen molar-refractivity contribution in [2.75, 3.05) is 14.2 Å². The molecule has 0 radical (unpaired) electrons. The lowest BCUT2D eigenvalue weighted by Crippen LogP contribution is -2.27. The third-order valence-corrected chi connectivity index (χ3v) is 21.5. The number of benzene rings is 14. The van der Waals surface area contributed by atoms with Crippen molar-refractivity contribution >= 4 is 47.7 Å². The average Bonchev–Trinajstić information content (AvgIpc) is 0.775. The van der Waals surface area contributed by atoms with Gasteiger partial charge in [0.1, 0.15) is 11.5 Å². The van der Waals surface area contributed by atoms with E-state index >= 15 is 0 Å². The van der Waals surface area contributed by atoms with Gasteiger partial charge in [-0.2, -0.15) is 0 Å². The first-order chi connectivity index (χ1) is 44.5. The second-order valence-corrected chi connectivity index (χ2v) is 26.8. The first-order valence-electron chi connectivity index (χ1n) is 30.5. The van der Waals surface area contributed by atoms with Crippen molar-refractivity contribution in [3.05, 3.63) is 352 Å². The molecule has 14 aromatic carbocycles. The molecule has 0 bridgehead atoms. The second kappa shape index (κ2) is 26.5. The average molecular weight is 1190 g/mol. The first-order valence-corrected chi connectivity index (χ1v) is 33.2. The summed E-state index contributed by atoms with van der Waals surface area (Å²) < 4.78 is 13.7. The van der Waals surface area contributed by atoms with Gasteiger partial charge in [0.05, 0.1) is 14.2 Å². The zero-order valence-electron chi connectivity index (χ0n) is 50.2. The fraction of sp³-hybridized carbons (Fsp3) is 0.0233. The predicted molar refractivity (Wildman–Crippen MR) is 386 cm³/mol. The molecule has 0 N–H and O–H groups in total. The van der Waals surface area contributed by atoms with Gasteiger partial charge in [0.2, 0.25) is 0 Å². The van der Waals surface area contributed by atoms with Crippen LogP contribution in [-0.2, 0) is 0 Å². The highest BCUT2D eigenvalue weighted by atomic mass is 31.1. The molecule has 0 heterocycles. The molecule has 0 aliphatic carbocycles. The van der Waals surface area contributed by atoms with Gasteiger partial charge in [-0.25, -0.2) is 0 Å². The van der Waals surface area contributed by atoms with E-state index in [-0.39, 0.29) is 0 Å². The zero-order chi connectivity index (χ0) is 60.6. The largest absolute Gasteiger partial charge is 0.496 e. The smallest absolute Gasteiger partial charge is 0.127 e. The minimum absolute atomic E-state index is 0.761. The molecule has 14 aromatic rings. The Kier molecular flexibility index (Phi) is 16.9. The van der Waals surface area contributed by atoms with Crippen LogP contribution in [0.2, 0.25) is 0 Å². The molecule has 2 nitrogen and oxygen atoms in total. The maximum absolute atomic E-state index is 6.85. The SMILES string of the molecule is COc1cccc(P(c2cc(-c3ccccc3)cc(-c3ccccc3)c2)c2cc(-c3ccccc3)cc(-c3ccccc3)c2)c1-c1c(OC)cccc1P(c1cc(-c2ccccc2)cc(-c2ccccc2)c1)c1cc(-c2ccccc2)cc(-c2ccccc2)c1. The monoisotopic (exact) mass is 1190 g/mol. The van der Waals surface area contributed by atoms with Crippen molar-refractivity contribution in [3.63, 3.8) is 0 Å². The van der Waals surface area contributed by atoms with Crippen LogP contribution < -0.4 is 41.3 Å². The summed E-state index contributed by atoms with van der Waals surface area (Å²) in [5.41, 5.74) is 20.4. The fourth-order valence-electron chi connectivity index (χ4n) is 12.4. The molecule has 0 aliphatic rings. The summed E-state index contributed by atoms with van der Waals surface area (Å²) >= 11 is 0. The highest BCUT2D eigenvalue weighted by molar-refractivity contribution is 7.81. The lowest BCUT2D eigenvalue weighted by Gasteiger charge is -2.30. The van der Waals surface area contributed by atoms with Gasteiger partial charge < -0.3 is 9.47 Å². The summed E-state index contributed by atoms with van der Waals surface area (Å²) in [6.07, 6.45) is 0. The van der Waals surface area contributed by atoms with Crippen LogP contribution in [-0.4, -0.2) is 14.2 Å². The number of hydrogen-bond donors (Lipinski definition) is 0. The molecule has 0 aromatic heterocycles. The lowest BCUT2D eigenvalue weighted by atomic mass is 9.99. The van der Waals surface area contributed by atoms with Crippen LogP contribution in [0.1, 0.15) is 0 Å². The summed E-state index contributed by atoms with van der Waals surface area (Å²) in [7, 11) is 0.708. The van der Waals surface area contributed by atoms with Gasteiger partial charge in [-0.1, -0.05) is 267 Å². The molecule has 430 valence electrons. The van der Waals surface area contributed by atoms with Gasteiger partial charge in [0.15, 0.2) is 0 Å². The molecule has 0 spiro atoms. The Morgan fingerprint density at radius 1 is 0.178 bits per heavy atom. The molecule has 0 unspecified atom stereocenters. The topological polar surface area (TPSA) is 18.5 Å². The van der Waals surface area contributed by atoms with Crippen LogP contribution in [0.4, 0.5) is 0 Å². The first kappa shape index (κ1) is 57.3. The quantitative estimate of drug-likeness (QED) is 0.0846. The van der Waals surface area contributed by atoms with E-state index < -0.39 is 15.8 Å². The summed E-state index contributed by atoms with van der Waals surface area (Å²) in [5, 5.41) is 7.10. The maximum Gasteiger partial charge on any atom is 0.127 e. The number of hydrogen-bond acceptors (Lipinski definition) is 2. The van der Waals surface area contributed by atoms with Crippen molar-refractivity contribution in [3.8, 4) is 112 Å². The van der Waals surface area contributed by atoms with E-state index in [1.807, 2.05) is 14.2 Å². The van der Waals surface area contributed by atoms with E-state index in [4.69, 9.17) is 9.47 Å². The van der Waals surface area contributed by atoms with E-state index in [2.05, 4.69) is 352 Å². The van der Waals surface area contributed by atoms with Crippen molar-refractivity contribution in [2.45, 2.75) is 0 Å². The highest BCUT2D eigenvalue weighted by Gasteiger charge is 2.32. The van der Waals surface area contributed by atoms with E-state index in [0.717, 1.165) is 122 Å². The summed E-state index contributed by atoms with van der Waals surface area (Å²) in [6, 6.07) is 129. The van der Waals surface area contributed by atoms with Crippen LogP contribution >= 0.6 is 15.8 Å². The Hall–Kier alpha value is -10.5. The predicted octanol–water partition coefficient (Wildman–Crippen LogP) is 20.2. The Morgan fingerprint density at radius 3 is 0.522 bits per heavy atom. The van der Waals surface area contributed by atoms with E-state index in [1.165, 1.54) is 21.2 Å².